The van der Waals surface area contributed by atoms with Gasteiger partial charge in [0, 0.05) is 24.2 Å². The lowest BCUT2D eigenvalue weighted by molar-refractivity contribution is 0.282. The van der Waals surface area contributed by atoms with Crippen LogP contribution < -0.4 is 5.32 Å². The molecule has 0 aromatic carbocycles. The highest BCUT2D eigenvalue weighted by atomic mass is 16.3. The summed E-state index contributed by atoms with van der Waals surface area (Å²) in [5.74, 6) is 0.850. The number of aliphatic hydroxyl groups is 1. The van der Waals surface area contributed by atoms with Crippen LogP contribution in [0.4, 0.5) is 5.69 Å². The Morgan fingerprint density at radius 1 is 1.40 bits per heavy atom. The number of pyridine rings is 1. The molecule has 0 amide bonds. The van der Waals surface area contributed by atoms with Gasteiger partial charge < -0.3 is 15.4 Å². The molecule has 78 valence electrons. The van der Waals surface area contributed by atoms with E-state index in [1.807, 2.05) is 0 Å². The molecule has 2 aromatic heterocycles. The van der Waals surface area contributed by atoms with Gasteiger partial charge in [0.1, 0.15) is 5.82 Å². The molecule has 2 rings (SSSR count). The summed E-state index contributed by atoms with van der Waals surface area (Å²) in [5.41, 5.74) is 1.66. The van der Waals surface area contributed by atoms with Crippen LogP contribution in [0.25, 0.3) is 0 Å². The van der Waals surface area contributed by atoms with Gasteiger partial charge in [0.25, 0.3) is 0 Å². The maximum Gasteiger partial charge on any atom is 0.125 e. The smallest absolute Gasteiger partial charge is 0.125 e. The van der Waals surface area contributed by atoms with E-state index in [2.05, 4.69) is 20.3 Å². The summed E-state index contributed by atoms with van der Waals surface area (Å²) in [6.07, 6.45) is 6.82. The van der Waals surface area contributed by atoms with E-state index in [4.69, 9.17) is 5.11 Å². The monoisotopic (exact) mass is 204 g/mol. The quantitative estimate of drug-likeness (QED) is 0.692. The van der Waals surface area contributed by atoms with E-state index in [1.54, 1.807) is 30.9 Å². The molecule has 15 heavy (non-hydrogen) atoms. The van der Waals surface area contributed by atoms with Gasteiger partial charge in [0.05, 0.1) is 25.0 Å². The fourth-order valence-electron chi connectivity index (χ4n) is 1.29. The Labute approximate surface area is 87.2 Å². The summed E-state index contributed by atoms with van der Waals surface area (Å²) in [5, 5.41) is 12.2. The summed E-state index contributed by atoms with van der Waals surface area (Å²) < 4.78 is 0. The average Bonchev–Trinajstić information content (AvgIpc) is 2.79. The van der Waals surface area contributed by atoms with Crippen molar-refractivity contribution in [1.82, 2.24) is 15.0 Å². The Kier molecular flexibility index (Phi) is 2.94. The van der Waals surface area contributed by atoms with E-state index in [1.165, 1.54) is 0 Å². The van der Waals surface area contributed by atoms with Crippen molar-refractivity contribution in [3.8, 4) is 0 Å². The second-order valence-electron chi connectivity index (χ2n) is 3.08. The normalized spacial score (nSPS) is 10.2. The second kappa shape index (κ2) is 4.56. The van der Waals surface area contributed by atoms with Crippen molar-refractivity contribution in [2.75, 3.05) is 5.32 Å². The number of aliphatic hydroxyl groups excluding tert-OH is 1. The van der Waals surface area contributed by atoms with Gasteiger partial charge >= 0.3 is 0 Å². The zero-order chi connectivity index (χ0) is 10.5. The van der Waals surface area contributed by atoms with E-state index in [0.29, 0.717) is 6.54 Å². The van der Waals surface area contributed by atoms with Gasteiger partial charge in [-0.1, -0.05) is 0 Å². The van der Waals surface area contributed by atoms with Crippen LogP contribution in [0.15, 0.2) is 30.9 Å². The van der Waals surface area contributed by atoms with Gasteiger partial charge in [0.15, 0.2) is 0 Å². The van der Waals surface area contributed by atoms with E-state index >= 15 is 0 Å². The van der Waals surface area contributed by atoms with Crippen LogP contribution in [0.5, 0.6) is 0 Å². The molecule has 0 fully saturated rings. The van der Waals surface area contributed by atoms with Crippen LogP contribution in [0.2, 0.25) is 0 Å². The molecular weight excluding hydrogens is 192 g/mol. The van der Waals surface area contributed by atoms with Crippen LogP contribution in [-0.2, 0) is 13.2 Å². The lowest BCUT2D eigenvalue weighted by Gasteiger charge is -2.07. The van der Waals surface area contributed by atoms with Crippen molar-refractivity contribution in [2.24, 2.45) is 0 Å². The molecule has 0 saturated heterocycles. The Hall–Kier alpha value is -1.88. The van der Waals surface area contributed by atoms with Crippen LogP contribution >= 0.6 is 0 Å². The Balaban J connectivity index is 2.04. The fourth-order valence-corrected chi connectivity index (χ4v) is 1.29. The van der Waals surface area contributed by atoms with Gasteiger partial charge in [-0.2, -0.15) is 0 Å². The fraction of sp³-hybridized carbons (Fsp3) is 0.200. The largest absolute Gasteiger partial charge is 0.392 e. The maximum atomic E-state index is 9.08. The lowest BCUT2D eigenvalue weighted by atomic mass is 10.2. The molecule has 0 atom stereocenters. The highest BCUT2D eigenvalue weighted by Gasteiger charge is 2.01. The molecule has 0 spiro atoms. The third-order valence-corrected chi connectivity index (χ3v) is 2.08. The van der Waals surface area contributed by atoms with Crippen LogP contribution in [0.3, 0.4) is 0 Å². The first-order chi connectivity index (χ1) is 7.40. The van der Waals surface area contributed by atoms with Crippen LogP contribution in [0, 0.1) is 0 Å². The summed E-state index contributed by atoms with van der Waals surface area (Å²) in [4.78, 5) is 11.1. The van der Waals surface area contributed by atoms with Crippen molar-refractivity contribution < 1.29 is 5.11 Å². The van der Waals surface area contributed by atoms with Crippen molar-refractivity contribution in [3.63, 3.8) is 0 Å². The molecule has 2 aromatic rings. The van der Waals surface area contributed by atoms with E-state index in [9.17, 15) is 0 Å². The first-order valence-corrected chi connectivity index (χ1v) is 4.66. The predicted octanol–water partition coefficient (Wildman–Crippen LogP) is 0.909. The third kappa shape index (κ3) is 2.32. The van der Waals surface area contributed by atoms with Gasteiger partial charge in [-0.3, -0.25) is 4.98 Å². The molecule has 0 aliphatic carbocycles. The molecule has 0 unspecified atom stereocenters. The Morgan fingerprint density at radius 3 is 3.07 bits per heavy atom. The van der Waals surface area contributed by atoms with Crippen molar-refractivity contribution in [3.05, 3.63) is 42.2 Å². The SMILES string of the molecule is OCc1ccncc1NCc1ncc[nH]1. The number of H-pyrrole nitrogens is 1. The number of aromatic amines is 1. The van der Waals surface area contributed by atoms with E-state index in [-0.39, 0.29) is 6.61 Å². The number of aromatic nitrogens is 3. The summed E-state index contributed by atoms with van der Waals surface area (Å²) >= 11 is 0. The van der Waals surface area contributed by atoms with Crippen molar-refractivity contribution in [2.45, 2.75) is 13.2 Å². The molecule has 0 aliphatic rings. The number of nitrogens with zero attached hydrogens (tertiary/aromatic N) is 2. The number of imidazole rings is 1. The molecular formula is C10H12N4O. The molecule has 3 N–H and O–H groups in total. The Bertz CT molecular complexity index is 413. The highest BCUT2D eigenvalue weighted by Crippen LogP contribution is 2.13. The van der Waals surface area contributed by atoms with Crippen molar-refractivity contribution >= 4 is 5.69 Å². The summed E-state index contributed by atoms with van der Waals surface area (Å²) in [6, 6.07) is 1.78. The zero-order valence-corrected chi connectivity index (χ0v) is 8.14. The van der Waals surface area contributed by atoms with E-state index in [0.717, 1.165) is 17.1 Å². The van der Waals surface area contributed by atoms with E-state index < -0.39 is 0 Å². The zero-order valence-electron chi connectivity index (χ0n) is 8.14. The number of hydrogen-bond acceptors (Lipinski definition) is 4. The Morgan fingerprint density at radius 2 is 2.33 bits per heavy atom. The molecule has 5 nitrogen and oxygen atoms in total. The van der Waals surface area contributed by atoms with Crippen LogP contribution in [0.1, 0.15) is 11.4 Å². The highest BCUT2D eigenvalue weighted by molar-refractivity contribution is 5.48. The first kappa shape index (κ1) is 9.67. The molecule has 0 saturated carbocycles. The summed E-state index contributed by atoms with van der Waals surface area (Å²) in [6.45, 7) is 0.592. The minimum atomic E-state index is 0.00298. The van der Waals surface area contributed by atoms with Gasteiger partial charge in [0.2, 0.25) is 0 Å². The predicted molar refractivity (Wildman–Crippen MR) is 56.1 cm³/mol. The molecule has 0 aliphatic heterocycles. The lowest BCUT2D eigenvalue weighted by Crippen LogP contribution is -2.04. The van der Waals surface area contributed by atoms with Gasteiger partial charge in [-0.25, -0.2) is 4.98 Å². The standard InChI is InChI=1S/C10H12N4O/c15-7-8-1-2-11-5-9(8)14-6-10-12-3-4-13-10/h1-5,14-15H,6-7H2,(H,12,13). The topological polar surface area (TPSA) is 73.8 Å². The minimum absolute atomic E-state index is 0.00298. The molecule has 0 bridgehead atoms. The number of nitrogens with one attached hydrogen (secondary N) is 2. The minimum Gasteiger partial charge on any atom is -0.392 e. The molecule has 5 heteroatoms. The maximum absolute atomic E-state index is 9.08. The molecule has 2 heterocycles. The number of hydrogen-bond donors (Lipinski definition) is 3. The van der Waals surface area contributed by atoms with Gasteiger partial charge in [-0.15, -0.1) is 0 Å². The van der Waals surface area contributed by atoms with Crippen LogP contribution in [-0.4, -0.2) is 20.1 Å². The van der Waals surface area contributed by atoms with Crippen molar-refractivity contribution in [1.29, 1.82) is 0 Å². The third-order valence-electron chi connectivity index (χ3n) is 2.08. The number of anilines is 1. The molecule has 0 radical (unpaired) electrons. The second-order valence-corrected chi connectivity index (χ2v) is 3.08. The average molecular weight is 204 g/mol. The number of rotatable bonds is 4. The van der Waals surface area contributed by atoms with Gasteiger partial charge in [-0.05, 0) is 6.07 Å². The summed E-state index contributed by atoms with van der Waals surface area (Å²) in [7, 11) is 0. The first-order valence-electron chi connectivity index (χ1n) is 4.66.